The minimum atomic E-state index is -3.64. The Morgan fingerprint density at radius 3 is 2.82 bits per heavy atom. The third kappa shape index (κ3) is 2.94. The molecule has 1 aliphatic heterocycles. The number of benzene rings is 1. The highest BCUT2D eigenvalue weighted by molar-refractivity contribution is 9.10. The molecule has 7 nitrogen and oxygen atoms in total. The first-order chi connectivity index (χ1) is 10.4. The molecule has 0 saturated carbocycles. The summed E-state index contributed by atoms with van der Waals surface area (Å²) in [5, 5.41) is 18.1. The lowest BCUT2D eigenvalue weighted by Gasteiger charge is -2.23. The van der Waals surface area contributed by atoms with Crippen molar-refractivity contribution in [2.24, 2.45) is 0 Å². The Morgan fingerprint density at radius 2 is 2.14 bits per heavy atom. The third-order valence-corrected chi connectivity index (χ3v) is 6.54. The fraction of sp³-hybridized carbons (Fsp3) is 0.385. The minimum absolute atomic E-state index is 0.0382. The zero-order valence-corrected chi connectivity index (χ0v) is 14.0. The molecule has 9 heteroatoms. The van der Waals surface area contributed by atoms with Gasteiger partial charge in [0.25, 0.3) is 0 Å². The summed E-state index contributed by atoms with van der Waals surface area (Å²) in [4.78, 5) is 0.208. The average Bonchev–Trinajstić information content (AvgIpc) is 3.09. The Labute approximate surface area is 136 Å². The Kier molecular flexibility index (Phi) is 4.06. The molecule has 1 unspecified atom stereocenters. The van der Waals surface area contributed by atoms with Crippen LogP contribution in [-0.4, -0.2) is 51.5 Å². The van der Waals surface area contributed by atoms with Crippen molar-refractivity contribution >= 4 is 26.0 Å². The van der Waals surface area contributed by atoms with Crippen LogP contribution < -0.4 is 0 Å². The largest absolute Gasteiger partial charge is 0.387 e. The molecule has 1 N–H and O–H groups in total. The van der Waals surface area contributed by atoms with E-state index in [1.54, 1.807) is 30.5 Å². The van der Waals surface area contributed by atoms with Crippen molar-refractivity contribution in [3.05, 3.63) is 41.1 Å². The Morgan fingerprint density at radius 1 is 1.36 bits per heavy atom. The lowest BCUT2D eigenvalue weighted by Crippen LogP contribution is -2.39. The number of hydrogen-bond donors (Lipinski definition) is 1. The Bertz CT molecular complexity index is 765. The van der Waals surface area contributed by atoms with Crippen molar-refractivity contribution in [3.63, 3.8) is 0 Å². The standard InChI is InChI=1S/C13H15BrN4O3S/c14-11-3-1-2-4-12(11)22(20,21)18-7-5-13(19,10-18)9-17-8-6-15-16-17/h1-4,6,8,19H,5,7,9-10H2. The van der Waals surface area contributed by atoms with Crippen LogP contribution in [0.25, 0.3) is 0 Å². The van der Waals surface area contributed by atoms with Crippen molar-refractivity contribution in [2.45, 2.75) is 23.5 Å². The zero-order chi connectivity index (χ0) is 15.8. The molecule has 2 heterocycles. The van der Waals surface area contributed by atoms with Gasteiger partial charge in [0.1, 0.15) is 0 Å². The zero-order valence-electron chi connectivity index (χ0n) is 11.6. The van der Waals surface area contributed by atoms with Crippen molar-refractivity contribution in [1.82, 2.24) is 19.3 Å². The molecule has 1 saturated heterocycles. The van der Waals surface area contributed by atoms with Crippen LogP contribution in [0.3, 0.4) is 0 Å². The summed E-state index contributed by atoms with van der Waals surface area (Å²) in [6, 6.07) is 6.67. The van der Waals surface area contributed by atoms with Gasteiger partial charge in [-0.1, -0.05) is 17.3 Å². The summed E-state index contributed by atoms with van der Waals surface area (Å²) in [6.07, 6.45) is 3.52. The van der Waals surface area contributed by atoms with E-state index in [0.717, 1.165) is 0 Å². The van der Waals surface area contributed by atoms with Gasteiger partial charge in [0, 0.05) is 23.8 Å². The summed E-state index contributed by atoms with van der Waals surface area (Å²) in [5.41, 5.74) is -1.14. The lowest BCUT2D eigenvalue weighted by molar-refractivity contribution is 0.0341. The topological polar surface area (TPSA) is 88.3 Å². The number of aliphatic hydroxyl groups is 1. The molecule has 2 aromatic rings. The second kappa shape index (κ2) is 5.73. The van der Waals surface area contributed by atoms with E-state index in [4.69, 9.17) is 0 Å². The van der Waals surface area contributed by atoms with E-state index >= 15 is 0 Å². The van der Waals surface area contributed by atoms with Crippen LogP contribution in [0.2, 0.25) is 0 Å². The third-order valence-electron chi connectivity index (χ3n) is 3.68. The number of halogens is 1. The second-order valence-corrected chi connectivity index (χ2v) is 8.10. The minimum Gasteiger partial charge on any atom is -0.387 e. The smallest absolute Gasteiger partial charge is 0.244 e. The van der Waals surface area contributed by atoms with E-state index in [1.165, 1.54) is 15.2 Å². The van der Waals surface area contributed by atoms with Crippen molar-refractivity contribution in [2.75, 3.05) is 13.1 Å². The van der Waals surface area contributed by atoms with Crippen molar-refractivity contribution in [3.8, 4) is 0 Å². The van der Waals surface area contributed by atoms with Crippen LogP contribution in [0.4, 0.5) is 0 Å². The van der Waals surface area contributed by atoms with Gasteiger partial charge in [0.05, 0.1) is 23.2 Å². The predicted molar refractivity (Wildman–Crippen MR) is 82.5 cm³/mol. The van der Waals surface area contributed by atoms with Gasteiger partial charge in [-0.05, 0) is 34.5 Å². The van der Waals surface area contributed by atoms with Crippen molar-refractivity contribution < 1.29 is 13.5 Å². The van der Waals surface area contributed by atoms with E-state index < -0.39 is 15.6 Å². The summed E-state index contributed by atoms with van der Waals surface area (Å²) in [7, 11) is -3.64. The molecular weight excluding hydrogens is 372 g/mol. The summed E-state index contributed by atoms with van der Waals surface area (Å²) >= 11 is 3.27. The number of hydrogen-bond acceptors (Lipinski definition) is 5. The second-order valence-electron chi connectivity index (χ2n) is 5.34. The molecule has 22 heavy (non-hydrogen) atoms. The molecule has 0 bridgehead atoms. The number of sulfonamides is 1. The average molecular weight is 387 g/mol. The summed E-state index contributed by atoms with van der Waals surface area (Å²) in [6.45, 7) is 0.528. The molecule has 0 amide bonds. The van der Waals surface area contributed by atoms with E-state index in [2.05, 4.69) is 26.2 Å². The van der Waals surface area contributed by atoms with Crippen LogP contribution in [-0.2, 0) is 16.6 Å². The molecule has 0 radical (unpaired) electrons. The van der Waals surface area contributed by atoms with Crippen LogP contribution in [0, 0.1) is 0 Å². The van der Waals surface area contributed by atoms with Gasteiger partial charge >= 0.3 is 0 Å². The molecule has 1 aliphatic rings. The lowest BCUT2D eigenvalue weighted by atomic mass is 10.0. The maximum Gasteiger partial charge on any atom is 0.244 e. The molecule has 1 atom stereocenters. The van der Waals surface area contributed by atoms with Gasteiger partial charge in [0.15, 0.2) is 0 Å². The van der Waals surface area contributed by atoms with Gasteiger partial charge in [-0.15, -0.1) is 5.10 Å². The fourth-order valence-corrected chi connectivity index (χ4v) is 5.05. The summed E-state index contributed by atoms with van der Waals surface area (Å²) in [5.74, 6) is 0. The van der Waals surface area contributed by atoms with Crippen LogP contribution >= 0.6 is 15.9 Å². The SMILES string of the molecule is O=S(=O)(c1ccccc1Br)N1CCC(O)(Cn2ccnn2)C1. The highest BCUT2D eigenvalue weighted by Crippen LogP contribution is 2.31. The van der Waals surface area contributed by atoms with Crippen LogP contribution in [0.5, 0.6) is 0 Å². The maximum absolute atomic E-state index is 12.7. The van der Waals surface area contributed by atoms with E-state index in [9.17, 15) is 13.5 Å². The van der Waals surface area contributed by atoms with Crippen LogP contribution in [0.1, 0.15) is 6.42 Å². The fourth-order valence-electron chi connectivity index (χ4n) is 2.57. The molecule has 3 rings (SSSR count). The molecule has 1 aromatic carbocycles. The quantitative estimate of drug-likeness (QED) is 0.841. The number of nitrogens with zero attached hydrogens (tertiary/aromatic N) is 4. The first-order valence-electron chi connectivity index (χ1n) is 6.72. The predicted octanol–water partition coefficient (Wildman–Crippen LogP) is 0.866. The highest BCUT2D eigenvalue weighted by atomic mass is 79.9. The van der Waals surface area contributed by atoms with Gasteiger partial charge < -0.3 is 5.11 Å². The van der Waals surface area contributed by atoms with Crippen LogP contribution in [0.15, 0.2) is 46.0 Å². The van der Waals surface area contributed by atoms with Gasteiger partial charge in [-0.3, -0.25) is 0 Å². The monoisotopic (exact) mass is 386 g/mol. The van der Waals surface area contributed by atoms with E-state index in [-0.39, 0.29) is 24.5 Å². The van der Waals surface area contributed by atoms with E-state index in [0.29, 0.717) is 10.9 Å². The molecule has 118 valence electrons. The first kappa shape index (κ1) is 15.6. The van der Waals surface area contributed by atoms with Gasteiger partial charge in [0.2, 0.25) is 10.0 Å². The normalized spacial score (nSPS) is 23.0. The molecular formula is C13H15BrN4O3S. The Hall–Kier alpha value is -1.29. The van der Waals surface area contributed by atoms with E-state index in [1.807, 2.05) is 0 Å². The number of aromatic nitrogens is 3. The molecule has 1 aromatic heterocycles. The molecule has 0 aliphatic carbocycles. The number of rotatable bonds is 4. The highest BCUT2D eigenvalue weighted by Gasteiger charge is 2.42. The summed E-state index contributed by atoms with van der Waals surface area (Å²) < 4.78 is 28.7. The molecule has 0 spiro atoms. The Balaban J connectivity index is 1.81. The van der Waals surface area contributed by atoms with Crippen molar-refractivity contribution in [1.29, 1.82) is 0 Å². The van der Waals surface area contributed by atoms with Gasteiger partial charge in [-0.2, -0.15) is 4.31 Å². The molecule has 1 fully saturated rings. The maximum atomic E-state index is 12.7. The number of β-amino-alcohol motifs (C(OH)–C–C–N with tert-alkyl or cyclic N) is 1. The first-order valence-corrected chi connectivity index (χ1v) is 8.95. The van der Waals surface area contributed by atoms with Gasteiger partial charge in [-0.25, -0.2) is 13.1 Å².